The van der Waals surface area contributed by atoms with E-state index in [9.17, 15) is 0 Å². The molecular weight excluding hydrogens is 242 g/mol. The predicted molar refractivity (Wildman–Crippen MR) is 88.3 cm³/mol. The molecule has 0 radical (unpaired) electrons. The second-order valence-electron chi connectivity index (χ2n) is 6.44. The van der Waals surface area contributed by atoms with Crippen LogP contribution in [-0.2, 0) is 6.42 Å². The summed E-state index contributed by atoms with van der Waals surface area (Å²) in [5.74, 6) is 1.48. The molecule has 0 heterocycles. The third kappa shape index (κ3) is 3.63. The molecule has 0 saturated heterocycles. The Morgan fingerprint density at radius 2 is 2.00 bits per heavy atom. The predicted octanol–water partition coefficient (Wildman–Crippen LogP) is 4.91. The topological polar surface area (TPSA) is 12.0 Å². The number of hydrogen-bond acceptors (Lipinski definition) is 1. The van der Waals surface area contributed by atoms with Crippen LogP contribution >= 0.6 is 0 Å². The van der Waals surface area contributed by atoms with E-state index in [4.69, 9.17) is 0 Å². The van der Waals surface area contributed by atoms with Crippen LogP contribution in [0.3, 0.4) is 0 Å². The summed E-state index contributed by atoms with van der Waals surface area (Å²) >= 11 is 0. The van der Waals surface area contributed by atoms with Crippen molar-refractivity contribution in [3.8, 4) is 0 Å². The molecule has 0 aliphatic heterocycles. The molecule has 1 N–H and O–H groups in total. The van der Waals surface area contributed by atoms with Gasteiger partial charge in [-0.3, -0.25) is 0 Å². The fourth-order valence-electron chi connectivity index (χ4n) is 3.85. The molecule has 3 unspecified atom stereocenters. The van der Waals surface area contributed by atoms with Crippen LogP contribution in [-0.4, -0.2) is 12.6 Å². The van der Waals surface area contributed by atoms with Gasteiger partial charge < -0.3 is 5.32 Å². The van der Waals surface area contributed by atoms with Crippen molar-refractivity contribution in [2.75, 3.05) is 6.54 Å². The maximum Gasteiger partial charge on any atom is 0.0161 e. The van der Waals surface area contributed by atoms with Gasteiger partial charge in [0.2, 0.25) is 0 Å². The lowest BCUT2D eigenvalue weighted by molar-refractivity contribution is 0.288. The molecule has 1 heteroatoms. The molecular formula is C19H31N. The lowest BCUT2D eigenvalue weighted by Crippen LogP contribution is -2.41. The minimum absolute atomic E-state index is 0.649. The highest BCUT2D eigenvalue weighted by Crippen LogP contribution is 2.37. The van der Waals surface area contributed by atoms with Crippen LogP contribution in [0, 0.1) is 5.92 Å². The molecule has 1 nitrogen and oxygen atoms in total. The molecule has 1 aromatic carbocycles. The quantitative estimate of drug-likeness (QED) is 0.744. The number of nitrogens with one attached hydrogen (secondary N) is 1. The molecule has 1 aromatic rings. The van der Waals surface area contributed by atoms with Gasteiger partial charge in [-0.05, 0) is 61.6 Å². The first-order valence-electron chi connectivity index (χ1n) is 8.59. The monoisotopic (exact) mass is 273 g/mol. The fourth-order valence-corrected chi connectivity index (χ4v) is 3.85. The zero-order valence-electron chi connectivity index (χ0n) is 13.5. The van der Waals surface area contributed by atoms with Crippen molar-refractivity contribution < 1.29 is 0 Å². The Bertz CT molecular complexity index is 399. The van der Waals surface area contributed by atoms with Crippen molar-refractivity contribution in [2.45, 2.75) is 71.3 Å². The first-order chi connectivity index (χ1) is 9.77. The maximum atomic E-state index is 3.86. The number of benzene rings is 1. The normalized spacial score (nSPS) is 21.2. The summed E-state index contributed by atoms with van der Waals surface area (Å²) in [5, 5.41) is 3.86. The average Bonchev–Trinajstić information content (AvgIpc) is 2.48. The molecule has 3 atom stereocenters. The molecule has 20 heavy (non-hydrogen) atoms. The Labute approximate surface area is 125 Å². The highest BCUT2D eigenvalue weighted by atomic mass is 14.9. The molecule has 1 aliphatic rings. The van der Waals surface area contributed by atoms with Crippen molar-refractivity contribution >= 4 is 0 Å². The standard InChI is InChI=1S/C19H31N/c1-4-9-15(3)19(20-14-5-2)18-13-8-11-16-10-6-7-12-17(16)18/h6-7,10,12,15,18-20H,4-5,8-9,11,13-14H2,1-3H3. The minimum atomic E-state index is 0.649. The second-order valence-corrected chi connectivity index (χ2v) is 6.44. The summed E-state index contributed by atoms with van der Waals surface area (Å²) in [6.07, 6.45) is 7.83. The van der Waals surface area contributed by atoms with E-state index in [1.54, 1.807) is 11.1 Å². The van der Waals surface area contributed by atoms with Crippen LogP contribution in [0.5, 0.6) is 0 Å². The molecule has 0 aromatic heterocycles. The van der Waals surface area contributed by atoms with Gasteiger partial charge in [0.05, 0.1) is 0 Å². The summed E-state index contributed by atoms with van der Waals surface area (Å²) in [6, 6.07) is 9.78. The van der Waals surface area contributed by atoms with E-state index >= 15 is 0 Å². The number of rotatable bonds is 7. The van der Waals surface area contributed by atoms with Crippen LogP contribution in [0.4, 0.5) is 0 Å². The van der Waals surface area contributed by atoms with Crippen LogP contribution in [0.15, 0.2) is 24.3 Å². The Morgan fingerprint density at radius 1 is 1.20 bits per heavy atom. The summed E-state index contributed by atoms with van der Waals surface area (Å²) in [4.78, 5) is 0. The molecule has 0 fully saturated rings. The lowest BCUT2D eigenvalue weighted by Gasteiger charge is -2.36. The van der Waals surface area contributed by atoms with E-state index in [2.05, 4.69) is 50.4 Å². The van der Waals surface area contributed by atoms with Gasteiger partial charge >= 0.3 is 0 Å². The Morgan fingerprint density at radius 3 is 2.75 bits per heavy atom. The van der Waals surface area contributed by atoms with Crippen molar-refractivity contribution in [2.24, 2.45) is 5.92 Å². The summed E-state index contributed by atoms with van der Waals surface area (Å²) in [6.45, 7) is 8.16. The highest BCUT2D eigenvalue weighted by molar-refractivity contribution is 5.33. The van der Waals surface area contributed by atoms with Crippen LogP contribution in [0.1, 0.15) is 69.9 Å². The molecule has 0 saturated carbocycles. The van der Waals surface area contributed by atoms with Gasteiger partial charge in [0, 0.05) is 6.04 Å². The van der Waals surface area contributed by atoms with Gasteiger partial charge in [-0.25, -0.2) is 0 Å². The second kappa shape index (κ2) is 7.83. The van der Waals surface area contributed by atoms with Gasteiger partial charge in [-0.15, -0.1) is 0 Å². The summed E-state index contributed by atoms with van der Waals surface area (Å²) in [5.41, 5.74) is 3.21. The van der Waals surface area contributed by atoms with Gasteiger partial charge in [-0.2, -0.15) is 0 Å². The molecule has 112 valence electrons. The first kappa shape index (κ1) is 15.6. The van der Waals surface area contributed by atoms with Gasteiger partial charge in [0.1, 0.15) is 0 Å². The molecule has 0 amide bonds. The number of aryl methyl sites for hydroxylation is 1. The van der Waals surface area contributed by atoms with E-state index in [-0.39, 0.29) is 0 Å². The minimum Gasteiger partial charge on any atom is -0.313 e. The van der Waals surface area contributed by atoms with E-state index in [1.165, 1.54) is 38.5 Å². The Kier molecular flexibility index (Phi) is 6.09. The molecule has 0 bridgehead atoms. The first-order valence-corrected chi connectivity index (χ1v) is 8.59. The molecule has 2 rings (SSSR count). The number of hydrogen-bond donors (Lipinski definition) is 1. The Hall–Kier alpha value is -0.820. The maximum absolute atomic E-state index is 3.86. The fraction of sp³-hybridized carbons (Fsp3) is 0.684. The van der Waals surface area contributed by atoms with Crippen molar-refractivity contribution in [1.82, 2.24) is 5.32 Å². The lowest BCUT2D eigenvalue weighted by atomic mass is 9.74. The zero-order valence-corrected chi connectivity index (χ0v) is 13.5. The van der Waals surface area contributed by atoms with Crippen molar-refractivity contribution in [3.05, 3.63) is 35.4 Å². The van der Waals surface area contributed by atoms with Gasteiger partial charge in [-0.1, -0.05) is 51.5 Å². The molecule has 1 aliphatic carbocycles. The number of fused-ring (bicyclic) bond motifs is 1. The van der Waals surface area contributed by atoms with Crippen LogP contribution < -0.4 is 5.32 Å². The summed E-state index contributed by atoms with van der Waals surface area (Å²) in [7, 11) is 0. The van der Waals surface area contributed by atoms with Crippen molar-refractivity contribution in [3.63, 3.8) is 0 Å². The third-order valence-electron chi connectivity index (χ3n) is 4.84. The largest absolute Gasteiger partial charge is 0.313 e. The summed E-state index contributed by atoms with van der Waals surface area (Å²) < 4.78 is 0. The van der Waals surface area contributed by atoms with E-state index < -0.39 is 0 Å². The smallest absolute Gasteiger partial charge is 0.0161 e. The van der Waals surface area contributed by atoms with Crippen LogP contribution in [0.2, 0.25) is 0 Å². The van der Waals surface area contributed by atoms with Crippen molar-refractivity contribution in [1.29, 1.82) is 0 Å². The zero-order chi connectivity index (χ0) is 14.4. The third-order valence-corrected chi connectivity index (χ3v) is 4.84. The SMILES string of the molecule is CCCNC(C(C)CCC)C1CCCc2ccccc21. The van der Waals surface area contributed by atoms with E-state index in [0.717, 1.165) is 12.5 Å². The van der Waals surface area contributed by atoms with E-state index in [1.807, 2.05) is 0 Å². The van der Waals surface area contributed by atoms with Gasteiger partial charge in [0.25, 0.3) is 0 Å². The van der Waals surface area contributed by atoms with Gasteiger partial charge in [0.15, 0.2) is 0 Å². The van der Waals surface area contributed by atoms with E-state index in [0.29, 0.717) is 12.0 Å². The Balaban J connectivity index is 2.20. The molecule has 0 spiro atoms. The van der Waals surface area contributed by atoms with Crippen LogP contribution in [0.25, 0.3) is 0 Å². The average molecular weight is 273 g/mol. The highest BCUT2D eigenvalue weighted by Gasteiger charge is 2.30.